The molecule has 1 N–H and O–H groups in total. The van der Waals surface area contributed by atoms with E-state index in [0.29, 0.717) is 5.56 Å². The second-order valence-electron chi connectivity index (χ2n) is 3.23. The SMILES string of the molecule is Cc1cnc(C(C)C(=O)O)c([N+](=O)[O-])c1. The van der Waals surface area contributed by atoms with Crippen LogP contribution in [-0.4, -0.2) is 21.0 Å². The molecule has 6 nitrogen and oxygen atoms in total. The van der Waals surface area contributed by atoms with Crippen LogP contribution in [-0.2, 0) is 4.79 Å². The lowest BCUT2D eigenvalue weighted by Gasteiger charge is -2.06. The smallest absolute Gasteiger partial charge is 0.312 e. The van der Waals surface area contributed by atoms with Crippen molar-refractivity contribution < 1.29 is 14.8 Å². The maximum atomic E-state index is 10.7. The first-order chi connectivity index (χ1) is 6.93. The molecule has 1 atom stereocenters. The van der Waals surface area contributed by atoms with Gasteiger partial charge in [-0.2, -0.15) is 0 Å². The molecule has 1 unspecified atom stereocenters. The van der Waals surface area contributed by atoms with Crippen molar-refractivity contribution in [2.45, 2.75) is 19.8 Å². The Balaban J connectivity index is 3.28. The summed E-state index contributed by atoms with van der Waals surface area (Å²) in [5.74, 6) is -2.11. The first-order valence-corrected chi connectivity index (χ1v) is 4.27. The van der Waals surface area contributed by atoms with E-state index in [4.69, 9.17) is 5.11 Å². The Morgan fingerprint density at radius 3 is 2.73 bits per heavy atom. The van der Waals surface area contributed by atoms with E-state index >= 15 is 0 Å². The van der Waals surface area contributed by atoms with Crippen LogP contribution in [0.15, 0.2) is 12.3 Å². The molecule has 0 aliphatic carbocycles. The molecule has 1 aromatic rings. The summed E-state index contributed by atoms with van der Waals surface area (Å²) in [6.07, 6.45) is 1.42. The van der Waals surface area contributed by atoms with E-state index in [1.807, 2.05) is 0 Å². The molecule has 0 radical (unpaired) electrons. The Labute approximate surface area is 85.7 Å². The molecule has 0 aromatic carbocycles. The largest absolute Gasteiger partial charge is 0.481 e. The van der Waals surface area contributed by atoms with Crippen LogP contribution in [0.5, 0.6) is 0 Å². The molecule has 0 bridgehead atoms. The van der Waals surface area contributed by atoms with Gasteiger partial charge >= 0.3 is 5.97 Å². The molecule has 0 aliphatic heterocycles. The van der Waals surface area contributed by atoms with Gasteiger partial charge in [-0.15, -0.1) is 0 Å². The highest BCUT2D eigenvalue weighted by molar-refractivity contribution is 5.76. The van der Waals surface area contributed by atoms with Crippen LogP contribution < -0.4 is 0 Å². The van der Waals surface area contributed by atoms with Crippen LogP contribution in [0.2, 0.25) is 0 Å². The van der Waals surface area contributed by atoms with Crippen LogP contribution in [0.3, 0.4) is 0 Å². The Morgan fingerprint density at radius 1 is 1.67 bits per heavy atom. The van der Waals surface area contributed by atoms with Gasteiger partial charge in [0.1, 0.15) is 11.6 Å². The summed E-state index contributed by atoms with van der Waals surface area (Å²) in [5, 5.41) is 19.4. The van der Waals surface area contributed by atoms with Gasteiger partial charge in [-0.05, 0) is 19.4 Å². The summed E-state index contributed by atoms with van der Waals surface area (Å²) in [6.45, 7) is 3.03. The normalized spacial score (nSPS) is 12.1. The number of carboxylic acid groups (broad SMARTS) is 1. The van der Waals surface area contributed by atoms with E-state index in [2.05, 4.69) is 4.98 Å². The number of hydrogen-bond donors (Lipinski definition) is 1. The summed E-state index contributed by atoms with van der Waals surface area (Å²) < 4.78 is 0. The molecule has 15 heavy (non-hydrogen) atoms. The van der Waals surface area contributed by atoms with Crippen LogP contribution in [0.4, 0.5) is 5.69 Å². The molecule has 1 rings (SSSR count). The lowest BCUT2D eigenvalue weighted by molar-refractivity contribution is -0.386. The van der Waals surface area contributed by atoms with Crippen molar-refractivity contribution in [2.75, 3.05) is 0 Å². The Kier molecular flexibility index (Phi) is 2.99. The minimum Gasteiger partial charge on any atom is -0.481 e. The summed E-state index contributed by atoms with van der Waals surface area (Å²) in [4.78, 5) is 24.6. The zero-order valence-corrected chi connectivity index (χ0v) is 8.30. The molecule has 80 valence electrons. The lowest BCUT2D eigenvalue weighted by atomic mass is 10.1. The number of aliphatic carboxylic acids is 1. The fourth-order valence-electron chi connectivity index (χ4n) is 1.16. The summed E-state index contributed by atoms with van der Waals surface area (Å²) in [6, 6.07) is 1.32. The minimum absolute atomic E-state index is 0.0156. The molecule has 1 heterocycles. The Morgan fingerprint density at radius 2 is 2.27 bits per heavy atom. The second kappa shape index (κ2) is 4.04. The maximum absolute atomic E-state index is 10.7. The summed E-state index contributed by atoms with van der Waals surface area (Å²) in [5.41, 5.74) is 0.367. The number of aromatic nitrogens is 1. The average molecular weight is 210 g/mol. The molecule has 0 spiro atoms. The predicted octanol–water partition coefficient (Wildman–Crippen LogP) is 1.49. The van der Waals surface area contributed by atoms with Crippen molar-refractivity contribution in [3.63, 3.8) is 0 Å². The van der Waals surface area contributed by atoms with Gasteiger partial charge in [0.05, 0.1) is 4.92 Å². The molecule has 0 saturated carbocycles. The van der Waals surface area contributed by atoms with Crippen LogP contribution in [0.1, 0.15) is 24.1 Å². The van der Waals surface area contributed by atoms with Crippen LogP contribution in [0.25, 0.3) is 0 Å². The van der Waals surface area contributed by atoms with Gasteiger partial charge in [0.2, 0.25) is 0 Å². The van der Waals surface area contributed by atoms with Crippen molar-refractivity contribution in [3.05, 3.63) is 33.6 Å². The Hall–Kier alpha value is -1.98. The summed E-state index contributed by atoms with van der Waals surface area (Å²) >= 11 is 0. The first-order valence-electron chi connectivity index (χ1n) is 4.27. The predicted molar refractivity (Wildman–Crippen MR) is 51.7 cm³/mol. The van der Waals surface area contributed by atoms with Gasteiger partial charge in [0.15, 0.2) is 0 Å². The van der Waals surface area contributed by atoms with Gasteiger partial charge in [0, 0.05) is 12.3 Å². The van der Waals surface area contributed by atoms with Gasteiger partial charge in [-0.25, -0.2) is 0 Å². The first kappa shape index (κ1) is 11.1. The van der Waals surface area contributed by atoms with E-state index in [-0.39, 0.29) is 11.4 Å². The maximum Gasteiger partial charge on any atom is 0.312 e. The zero-order chi connectivity index (χ0) is 11.6. The van der Waals surface area contributed by atoms with E-state index in [0.717, 1.165) is 0 Å². The van der Waals surface area contributed by atoms with Crippen LogP contribution in [0, 0.1) is 17.0 Å². The molecular weight excluding hydrogens is 200 g/mol. The fraction of sp³-hybridized carbons (Fsp3) is 0.333. The molecular formula is C9H10N2O4. The number of carboxylic acids is 1. The topological polar surface area (TPSA) is 93.3 Å². The molecule has 0 amide bonds. The minimum atomic E-state index is -1.13. The van der Waals surface area contributed by atoms with Gasteiger partial charge < -0.3 is 5.11 Å². The van der Waals surface area contributed by atoms with E-state index in [9.17, 15) is 14.9 Å². The monoisotopic (exact) mass is 210 g/mol. The van der Waals surface area contributed by atoms with Gasteiger partial charge in [0.25, 0.3) is 5.69 Å². The average Bonchev–Trinajstić information content (AvgIpc) is 2.16. The van der Waals surface area contributed by atoms with Gasteiger partial charge in [-0.1, -0.05) is 0 Å². The third-order valence-electron chi connectivity index (χ3n) is 2.01. The third kappa shape index (κ3) is 2.28. The molecule has 6 heteroatoms. The van der Waals surface area contributed by atoms with Crippen molar-refractivity contribution in [2.24, 2.45) is 0 Å². The molecule has 0 saturated heterocycles. The summed E-state index contributed by atoms with van der Waals surface area (Å²) in [7, 11) is 0. The Bertz CT molecular complexity index is 417. The highest BCUT2D eigenvalue weighted by atomic mass is 16.6. The number of nitrogens with zero attached hydrogens (tertiary/aromatic N) is 2. The van der Waals surface area contributed by atoms with Crippen LogP contribution >= 0.6 is 0 Å². The fourth-order valence-corrected chi connectivity index (χ4v) is 1.16. The standard InChI is InChI=1S/C9H10N2O4/c1-5-3-7(11(14)15)8(10-4-5)6(2)9(12)13/h3-4,6H,1-2H3,(H,12,13). The quantitative estimate of drug-likeness (QED) is 0.602. The van der Waals surface area contributed by atoms with E-state index < -0.39 is 16.8 Å². The number of carbonyl (C=O) groups is 1. The van der Waals surface area contributed by atoms with Crippen molar-refractivity contribution in [1.82, 2.24) is 4.98 Å². The highest BCUT2D eigenvalue weighted by Gasteiger charge is 2.25. The number of aryl methyl sites for hydroxylation is 1. The highest BCUT2D eigenvalue weighted by Crippen LogP contribution is 2.25. The zero-order valence-electron chi connectivity index (χ0n) is 8.30. The van der Waals surface area contributed by atoms with Gasteiger partial charge in [-0.3, -0.25) is 19.9 Å². The van der Waals surface area contributed by atoms with E-state index in [1.165, 1.54) is 19.2 Å². The third-order valence-corrected chi connectivity index (χ3v) is 2.01. The van der Waals surface area contributed by atoms with E-state index in [1.54, 1.807) is 6.92 Å². The number of hydrogen-bond acceptors (Lipinski definition) is 4. The lowest BCUT2D eigenvalue weighted by Crippen LogP contribution is -2.11. The number of rotatable bonds is 3. The number of pyridine rings is 1. The molecule has 0 aliphatic rings. The second-order valence-corrected chi connectivity index (χ2v) is 3.23. The molecule has 0 fully saturated rings. The molecule has 1 aromatic heterocycles. The number of nitro groups is 1. The van der Waals surface area contributed by atoms with Crippen molar-refractivity contribution in [1.29, 1.82) is 0 Å². The van der Waals surface area contributed by atoms with Crippen molar-refractivity contribution >= 4 is 11.7 Å². The van der Waals surface area contributed by atoms with Crippen molar-refractivity contribution in [3.8, 4) is 0 Å².